The van der Waals surface area contributed by atoms with Crippen molar-refractivity contribution in [3.63, 3.8) is 0 Å². The van der Waals surface area contributed by atoms with E-state index in [0.717, 1.165) is 0 Å². The Morgan fingerprint density at radius 3 is 2.53 bits per heavy atom. The molecule has 0 atom stereocenters. The second kappa shape index (κ2) is 3.67. The highest BCUT2D eigenvalue weighted by Gasteiger charge is 2.05. The van der Waals surface area contributed by atoms with Crippen molar-refractivity contribution >= 4 is 6.01 Å². The van der Waals surface area contributed by atoms with Crippen molar-refractivity contribution in [2.75, 3.05) is 0 Å². The molecule has 1 heterocycles. The fourth-order valence-electron chi connectivity index (χ4n) is 1.06. The van der Waals surface area contributed by atoms with Gasteiger partial charge in [-0.05, 0) is 24.3 Å². The topological polar surface area (TPSA) is 97.4 Å². The summed E-state index contributed by atoms with van der Waals surface area (Å²) in [5.41, 5.74) is 9.58. The van der Waals surface area contributed by atoms with E-state index in [0.29, 0.717) is 11.1 Å². The fourth-order valence-corrected chi connectivity index (χ4v) is 1.06. The zero-order chi connectivity index (χ0) is 10.7. The Morgan fingerprint density at radius 2 is 2.00 bits per heavy atom. The Labute approximate surface area is 84.7 Å². The summed E-state index contributed by atoms with van der Waals surface area (Å²) >= 11 is 0. The lowest BCUT2D eigenvalue weighted by atomic mass is 10.1. The maximum Gasteiger partial charge on any atom is 0.321 e. The van der Waals surface area contributed by atoms with Crippen LogP contribution < -0.4 is 0 Å². The van der Waals surface area contributed by atoms with Crippen molar-refractivity contribution in [1.82, 2.24) is 10.2 Å². The molecule has 0 spiro atoms. The molecule has 1 aromatic carbocycles. The summed E-state index contributed by atoms with van der Waals surface area (Å²) in [5, 5.41) is 18.5. The predicted molar refractivity (Wildman–Crippen MR) is 49.9 cm³/mol. The molecular weight excluding hydrogens is 194 g/mol. The largest absolute Gasteiger partial charge is 0.702 e. The average Bonchev–Trinajstić information content (AvgIpc) is 2.78. The van der Waals surface area contributed by atoms with Gasteiger partial charge in [-0.25, -0.2) is 0 Å². The molecule has 0 radical (unpaired) electrons. The molecule has 0 aliphatic carbocycles. The summed E-state index contributed by atoms with van der Waals surface area (Å²) in [6, 6.07) is 8.41. The highest BCUT2D eigenvalue weighted by Crippen LogP contribution is 2.21. The second-order valence-electron chi connectivity index (χ2n) is 2.68. The van der Waals surface area contributed by atoms with Crippen LogP contribution in [-0.2, 0) is 0 Å². The van der Waals surface area contributed by atoms with Crippen LogP contribution in [0.3, 0.4) is 0 Å². The Kier molecular flexibility index (Phi) is 2.21. The average molecular weight is 198 g/mol. The van der Waals surface area contributed by atoms with Gasteiger partial charge in [0.15, 0.2) is 0 Å². The van der Waals surface area contributed by atoms with Crippen LogP contribution in [0.2, 0.25) is 0 Å². The van der Waals surface area contributed by atoms with Crippen molar-refractivity contribution in [2.24, 2.45) is 5.11 Å². The lowest BCUT2D eigenvalue weighted by Gasteiger charge is -1.93. The van der Waals surface area contributed by atoms with Gasteiger partial charge in [-0.1, -0.05) is 5.10 Å². The third-order valence-corrected chi connectivity index (χ3v) is 1.76. The first-order valence-electron chi connectivity index (χ1n) is 4.02. The minimum atomic E-state index is -0.200. The number of benzene rings is 1. The van der Waals surface area contributed by atoms with E-state index < -0.39 is 0 Å². The van der Waals surface area contributed by atoms with Crippen molar-refractivity contribution in [3.05, 3.63) is 35.4 Å². The first-order chi connectivity index (χ1) is 7.33. The van der Waals surface area contributed by atoms with E-state index in [2.05, 4.69) is 15.3 Å². The molecule has 2 aromatic rings. The zero-order valence-electron chi connectivity index (χ0n) is 7.45. The highest BCUT2D eigenvalue weighted by molar-refractivity contribution is 5.54. The lowest BCUT2D eigenvalue weighted by molar-refractivity contribution is 0.579. The summed E-state index contributed by atoms with van der Waals surface area (Å²) in [5.74, 6) is 0.243. The first kappa shape index (κ1) is 9.02. The predicted octanol–water partition coefficient (Wildman–Crippen LogP) is 2.26. The first-order valence-corrected chi connectivity index (χ1v) is 4.02. The Morgan fingerprint density at radius 1 is 1.27 bits per heavy atom. The van der Waals surface area contributed by atoms with Gasteiger partial charge in [0.05, 0.1) is 11.6 Å². The van der Waals surface area contributed by atoms with E-state index >= 15 is 0 Å². The van der Waals surface area contributed by atoms with Gasteiger partial charge in [-0.15, -0.1) is 5.10 Å². The van der Waals surface area contributed by atoms with Crippen molar-refractivity contribution in [1.29, 1.82) is 5.26 Å². The number of nitrogens with zero attached hydrogens (tertiary/aromatic N) is 5. The minimum Gasteiger partial charge on any atom is -0.702 e. The van der Waals surface area contributed by atoms with Gasteiger partial charge in [0.1, 0.15) is 0 Å². The van der Waals surface area contributed by atoms with Crippen molar-refractivity contribution in [3.8, 4) is 17.5 Å². The molecule has 0 aliphatic heterocycles. The van der Waals surface area contributed by atoms with Crippen LogP contribution in [0.1, 0.15) is 5.56 Å². The monoisotopic (exact) mass is 198 g/mol. The van der Waals surface area contributed by atoms with Gasteiger partial charge in [-0.2, -0.15) is 5.26 Å². The third-order valence-electron chi connectivity index (χ3n) is 1.76. The van der Waals surface area contributed by atoms with E-state index in [1.54, 1.807) is 24.3 Å². The second-order valence-corrected chi connectivity index (χ2v) is 2.68. The standard InChI is InChI=1S/C9H4N5O/c10-5-6-1-3-7(4-2-6)8-13-14-9(12-11)15-8/h1-4H/q-1. The van der Waals surface area contributed by atoms with Gasteiger partial charge >= 0.3 is 6.01 Å². The van der Waals surface area contributed by atoms with Gasteiger partial charge in [-0.3, -0.25) is 0 Å². The molecule has 0 saturated heterocycles. The number of aromatic nitrogens is 2. The normalized spacial score (nSPS) is 9.53. The molecule has 0 aliphatic rings. The Bertz CT molecular complexity index is 522. The molecule has 6 nitrogen and oxygen atoms in total. The maximum atomic E-state index is 8.59. The van der Waals surface area contributed by atoms with Crippen LogP contribution in [0.5, 0.6) is 0 Å². The van der Waals surface area contributed by atoms with Crippen LogP contribution in [-0.4, -0.2) is 10.2 Å². The van der Waals surface area contributed by atoms with Crippen LogP contribution in [0, 0.1) is 11.3 Å². The Hall–Kier alpha value is -2.55. The van der Waals surface area contributed by atoms with E-state index in [9.17, 15) is 0 Å². The van der Waals surface area contributed by atoms with Crippen LogP contribution in [0.25, 0.3) is 17.0 Å². The van der Waals surface area contributed by atoms with Crippen molar-refractivity contribution < 1.29 is 4.42 Å². The van der Waals surface area contributed by atoms with Gasteiger partial charge < -0.3 is 15.1 Å². The zero-order valence-corrected chi connectivity index (χ0v) is 7.45. The molecule has 1 aromatic heterocycles. The quantitative estimate of drug-likeness (QED) is 0.691. The molecule has 0 bridgehead atoms. The smallest absolute Gasteiger partial charge is 0.321 e. The Balaban J connectivity index is 2.37. The molecule has 0 unspecified atom stereocenters. The molecule has 0 fully saturated rings. The molecule has 0 N–H and O–H groups in total. The van der Waals surface area contributed by atoms with Crippen LogP contribution in [0.4, 0.5) is 6.01 Å². The third kappa shape index (κ3) is 1.71. The summed E-state index contributed by atoms with van der Waals surface area (Å²) in [7, 11) is 0. The molecular formula is C9H4N5O-. The number of hydrogen-bond donors (Lipinski definition) is 0. The molecule has 72 valence electrons. The number of nitriles is 1. The van der Waals surface area contributed by atoms with E-state index in [1.165, 1.54) is 0 Å². The van der Waals surface area contributed by atoms with Crippen molar-refractivity contribution in [2.45, 2.75) is 0 Å². The fraction of sp³-hybridized carbons (Fsp3) is 0. The highest BCUT2D eigenvalue weighted by atomic mass is 16.4. The van der Waals surface area contributed by atoms with Gasteiger partial charge in [0.25, 0.3) is 0 Å². The minimum absolute atomic E-state index is 0.200. The molecule has 0 saturated carbocycles. The summed E-state index contributed by atoms with van der Waals surface area (Å²) < 4.78 is 4.97. The van der Waals surface area contributed by atoms with Crippen LogP contribution >= 0.6 is 0 Å². The molecule has 6 heteroatoms. The number of rotatable bonds is 2. The SMILES string of the molecule is N#Cc1ccc(-c2nnc(N=[N-])o2)cc1. The van der Waals surface area contributed by atoms with Gasteiger partial charge in [0, 0.05) is 5.56 Å². The van der Waals surface area contributed by atoms with Gasteiger partial charge in [0.2, 0.25) is 5.89 Å². The van der Waals surface area contributed by atoms with E-state index in [-0.39, 0.29) is 11.9 Å². The molecule has 0 amide bonds. The van der Waals surface area contributed by atoms with E-state index in [1.807, 2.05) is 6.07 Å². The van der Waals surface area contributed by atoms with E-state index in [4.69, 9.17) is 15.2 Å². The van der Waals surface area contributed by atoms with Crippen LogP contribution in [0.15, 0.2) is 33.8 Å². The summed E-state index contributed by atoms with van der Waals surface area (Å²) in [4.78, 5) is 0. The number of hydrogen-bond acceptors (Lipinski definition) is 5. The maximum absolute atomic E-state index is 8.59. The molecule has 15 heavy (non-hydrogen) atoms. The molecule has 2 rings (SSSR count). The lowest BCUT2D eigenvalue weighted by Crippen LogP contribution is -1.78. The summed E-state index contributed by atoms with van der Waals surface area (Å²) in [6.45, 7) is 0. The summed E-state index contributed by atoms with van der Waals surface area (Å²) in [6.07, 6.45) is 0.